The number of aromatic nitrogens is 1. The zero-order valence-corrected chi connectivity index (χ0v) is 18.3. The van der Waals surface area contributed by atoms with E-state index in [4.69, 9.17) is 0 Å². The lowest BCUT2D eigenvalue weighted by atomic mass is 9.47. The third-order valence-corrected chi connectivity index (χ3v) is 9.39. The van der Waals surface area contributed by atoms with E-state index in [0.717, 1.165) is 37.8 Å². The Bertz CT molecular complexity index is 884. The molecule has 5 heteroatoms. The Morgan fingerprint density at radius 2 is 1.87 bits per heavy atom. The number of hydrogen-bond donors (Lipinski definition) is 1. The van der Waals surface area contributed by atoms with Crippen molar-refractivity contribution in [2.24, 2.45) is 34.5 Å². The van der Waals surface area contributed by atoms with Gasteiger partial charge in [0.2, 0.25) is 11.8 Å². The highest BCUT2D eigenvalue weighted by molar-refractivity contribution is 5.93. The van der Waals surface area contributed by atoms with Gasteiger partial charge in [0.15, 0.2) is 0 Å². The second kappa shape index (κ2) is 6.93. The Morgan fingerprint density at radius 3 is 2.63 bits per heavy atom. The fourth-order valence-corrected chi connectivity index (χ4v) is 7.83. The van der Waals surface area contributed by atoms with Gasteiger partial charge in [0.05, 0.1) is 0 Å². The van der Waals surface area contributed by atoms with Crippen molar-refractivity contribution in [3.05, 3.63) is 36.7 Å². The molecule has 0 saturated heterocycles. The van der Waals surface area contributed by atoms with Gasteiger partial charge in [-0.25, -0.2) is 0 Å². The third-order valence-electron chi connectivity index (χ3n) is 9.39. The molecule has 3 aliphatic carbocycles. The summed E-state index contributed by atoms with van der Waals surface area (Å²) in [5.74, 6) is 2.24. The number of nitrogens with zero attached hydrogens (tertiary/aromatic N) is 2. The van der Waals surface area contributed by atoms with Gasteiger partial charge in [-0.3, -0.25) is 14.6 Å². The number of carbonyl (C=O) groups excluding carboxylic acids is 2. The Labute approximate surface area is 179 Å². The average Bonchev–Trinajstić information content (AvgIpc) is 3.09. The van der Waals surface area contributed by atoms with Crippen LogP contribution in [0.2, 0.25) is 0 Å². The van der Waals surface area contributed by atoms with E-state index < -0.39 is 0 Å². The van der Waals surface area contributed by atoms with E-state index in [0.29, 0.717) is 23.8 Å². The van der Waals surface area contributed by atoms with Crippen LogP contribution < -0.4 is 5.32 Å². The summed E-state index contributed by atoms with van der Waals surface area (Å²) in [6.07, 6.45) is 14.1. The van der Waals surface area contributed by atoms with Crippen molar-refractivity contribution in [3.63, 3.8) is 0 Å². The molecule has 0 radical (unpaired) electrons. The van der Waals surface area contributed by atoms with Crippen molar-refractivity contribution in [2.45, 2.75) is 58.4 Å². The largest absolute Gasteiger partial charge is 0.338 e. The third kappa shape index (κ3) is 2.77. The van der Waals surface area contributed by atoms with Gasteiger partial charge in [-0.15, -0.1) is 0 Å². The van der Waals surface area contributed by atoms with E-state index in [2.05, 4.69) is 30.2 Å². The number of likely N-dealkylation sites (N-methyl/N-ethyl adjacent to an activating group) is 1. The molecule has 0 aromatic carbocycles. The van der Waals surface area contributed by atoms with Crippen LogP contribution in [0.25, 0.3) is 0 Å². The van der Waals surface area contributed by atoms with Crippen molar-refractivity contribution < 1.29 is 9.59 Å². The van der Waals surface area contributed by atoms with Crippen LogP contribution in [-0.4, -0.2) is 34.8 Å². The van der Waals surface area contributed by atoms with Crippen molar-refractivity contribution in [2.75, 3.05) is 12.4 Å². The summed E-state index contributed by atoms with van der Waals surface area (Å²) in [6, 6.07) is 4.03. The molecule has 1 N–H and O–H groups in total. The minimum absolute atomic E-state index is 0.0598. The van der Waals surface area contributed by atoms with Crippen molar-refractivity contribution in [1.29, 1.82) is 0 Å². The molecule has 2 unspecified atom stereocenters. The van der Waals surface area contributed by atoms with Gasteiger partial charge in [-0.05, 0) is 79.9 Å². The normalized spacial score (nSPS) is 42.3. The molecule has 1 aliphatic heterocycles. The molecule has 2 amide bonds. The molecular formula is C25H33N3O2. The highest BCUT2D eigenvalue weighted by atomic mass is 16.2. The van der Waals surface area contributed by atoms with Crippen LogP contribution in [-0.2, 0) is 9.59 Å². The number of nitrogens with one attached hydrogen (secondary N) is 1. The lowest BCUT2D eigenvalue weighted by molar-refractivity contribution is -0.141. The molecule has 0 bridgehead atoms. The Hall–Kier alpha value is -2.17. The van der Waals surface area contributed by atoms with E-state index in [-0.39, 0.29) is 28.6 Å². The molecule has 30 heavy (non-hydrogen) atoms. The highest BCUT2D eigenvalue weighted by Crippen LogP contribution is 2.65. The summed E-state index contributed by atoms with van der Waals surface area (Å²) in [4.78, 5) is 31.5. The molecule has 160 valence electrons. The zero-order chi connectivity index (χ0) is 21.1. The van der Waals surface area contributed by atoms with Crippen LogP contribution in [0.15, 0.2) is 36.7 Å². The van der Waals surface area contributed by atoms with E-state index in [1.54, 1.807) is 18.5 Å². The van der Waals surface area contributed by atoms with E-state index in [9.17, 15) is 9.59 Å². The van der Waals surface area contributed by atoms with Crippen LogP contribution in [0.3, 0.4) is 0 Å². The van der Waals surface area contributed by atoms with Gasteiger partial charge in [-0.1, -0.05) is 19.9 Å². The first-order valence-electron chi connectivity index (χ1n) is 11.5. The summed E-state index contributed by atoms with van der Waals surface area (Å²) in [6.45, 7) is 4.75. The molecule has 5 nitrogen and oxygen atoms in total. The Morgan fingerprint density at radius 1 is 1.10 bits per heavy atom. The van der Waals surface area contributed by atoms with E-state index in [1.807, 2.05) is 24.1 Å². The monoisotopic (exact) mass is 407 g/mol. The van der Waals surface area contributed by atoms with Crippen LogP contribution >= 0.6 is 0 Å². The average molecular weight is 408 g/mol. The number of carbonyl (C=O) groups is 2. The molecule has 1 aromatic rings. The lowest BCUT2D eigenvalue weighted by Crippen LogP contribution is -2.59. The predicted molar refractivity (Wildman–Crippen MR) is 116 cm³/mol. The number of pyridine rings is 1. The molecule has 3 saturated carbocycles. The first kappa shape index (κ1) is 19.8. The van der Waals surface area contributed by atoms with Gasteiger partial charge in [-0.2, -0.15) is 0 Å². The molecule has 3 fully saturated rings. The van der Waals surface area contributed by atoms with Gasteiger partial charge in [0.25, 0.3) is 0 Å². The molecule has 1 aromatic heterocycles. The fourth-order valence-electron chi connectivity index (χ4n) is 7.83. The quantitative estimate of drug-likeness (QED) is 0.796. The van der Waals surface area contributed by atoms with Crippen molar-refractivity contribution in [3.8, 4) is 0 Å². The van der Waals surface area contributed by atoms with Gasteiger partial charge in [0, 0.05) is 42.5 Å². The Balaban J connectivity index is 1.38. The van der Waals surface area contributed by atoms with Crippen molar-refractivity contribution >= 4 is 17.5 Å². The molecule has 7 atom stereocenters. The molecule has 0 spiro atoms. The summed E-state index contributed by atoms with van der Waals surface area (Å²) >= 11 is 0. The standard InChI is InChI=1S/C25H33N3O2/c1-24-12-8-19-17(4-7-21-25(19,2)13-9-22(29)28(21)3)18(24)5-6-20(24)23(30)27-16-10-14-26-15-11-16/h9-11,13-15,17-21H,4-8,12H2,1-3H3,(H,26,27,30)/t17-,18-,19+,20?,21?,24-,25+/m0/s1. The maximum Gasteiger partial charge on any atom is 0.246 e. The number of hydrogen-bond acceptors (Lipinski definition) is 3. The molecule has 2 heterocycles. The smallest absolute Gasteiger partial charge is 0.246 e. The minimum Gasteiger partial charge on any atom is -0.338 e. The predicted octanol–water partition coefficient (Wildman–Crippen LogP) is 4.28. The first-order chi connectivity index (χ1) is 14.3. The number of amides is 2. The molecule has 5 rings (SSSR count). The molecular weight excluding hydrogens is 374 g/mol. The van der Waals surface area contributed by atoms with Crippen molar-refractivity contribution in [1.82, 2.24) is 9.88 Å². The van der Waals surface area contributed by atoms with Gasteiger partial charge in [0.1, 0.15) is 0 Å². The summed E-state index contributed by atoms with van der Waals surface area (Å²) in [7, 11) is 1.97. The van der Waals surface area contributed by atoms with Crippen LogP contribution in [0, 0.1) is 34.5 Å². The van der Waals surface area contributed by atoms with Crippen LogP contribution in [0.4, 0.5) is 5.69 Å². The highest BCUT2D eigenvalue weighted by Gasteiger charge is 2.61. The fraction of sp³-hybridized carbons (Fsp3) is 0.640. The van der Waals surface area contributed by atoms with E-state index in [1.165, 1.54) is 6.42 Å². The summed E-state index contributed by atoms with van der Waals surface area (Å²) < 4.78 is 0. The maximum absolute atomic E-state index is 13.2. The van der Waals surface area contributed by atoms with E-state index >= 15 is 0 Å². The summed E-state index contributed by atoms with van der Waals surface area (Å²) in [5, 5.41) is 3.14. The second-order valence-electron chi connectivity index (χ2n) is 10.5. The first-order valence-corrected chi connectivity index (χ1v) is 11.5. The topological polar surface area (TPSA) is 62.3 Å². The van der Waals surface area contributed by atoms with Gasteiger partial charge >= 0.3 is 0 Å². The lowest BCUT2D eigenvalue weighted by Gasteiger charge is -2.60. The number of fused-ring (bicyclic) bond motifs is 5. The number of anilines is 1. The minimum atomic E-state index is 0.0598. The SMILES string of the molecule is CN1C(=O)C=C[C@@]2(C)C1CC[C@@H]1[C@H]2CC[C@]2(C)C(C(=O)Nc3ccncc3)CC[C@@H]12. The number of rotatable bonds is 2. The van der Waals surface area contributed by atoms with Gasteiger partial charge < -0.3 is 10.2 Å². The summed E-state index contributed by atoms with van der Waals surface area (Å²) in [5.41, 5.74) is 0.968. The second-order valence-corrected chi connectivity index (χ2v) is 10.5. The Kier molecular flexibility index (Phi) is 4.57. The zero-order valence-electron chi connectivity index (χ0n) is 18.3. The molecule has 4 aliphatic rings. The van der Waals surface area contributed by atoms with Crippen LogP contribution in [0.5, 0.6) is 0 Å². The maximum atomic E-state index is 13.2. The van der Waals surface area contributed by atoms with Crippen LogP contribution in [0.1, 0.15) is 52.4 Å².